The van der Waals surface area contributed by atoms with Crippen LogP contribution in [0, 0.1) is 0 Å². The summed E-state index contributed by atoms with van der Waals surface area (Å²) in [5.41, 5.74) is 1.64. The molecule has 21 heteroatoms. The van der Waals surface area contributed by atoms with Crippen molar-refractivity contribution in [3.8, 4) is 16.9 Å². The maximum atomic E-state index is 12.6. The molecule has 3 heterocycles. The monoisotopic (exact) mass is 855 g/mol. The molecule has 3 saturated heterocycles. The summed E-state index contributed by atoms with van der Waals surface area (Å²) in [4.78, 5) is 36.0. The van der Waals surface area contributed by atoms with Gasteiger partial charge in [-0.15, -0.1) is 0 Å². The molecule has 0 aromatic heterocycles. The number of Topliss-reactive ketones (excluding diaryl/α,β-unsaturated/α-hetero) is 1. The second kappa shape index (κ2) is 21.9. The van der Waals surface area contributed by atoms with Gasteiger partial charge in [-0.3, -0.25) is 9.59 Å². The molecule has 0 aliphatic carbocycles. The number of aromatic carboxylic acids is 1. The summed E-state index contributed by atoms with van der Waals surface area (Å²) in [5.74, 6) is -1.39. The van der Waals surface area contributed by atoms with Crippen molar-refractivity contribution in [1.82, 2.24) is 5.32 Å². The Bertz CT molecular complexity index is 1700. The number of hydrogen-bond donors (Lipinski definition) is 11. The van der Waals surface area contributed by atoms with Gasteiger partial charge in [-0.2, -0.15) is 0 Å². The molecule has 1 amide bonds. The largest absolute Gasteiger partial charge is 0.486 e. The molecule has 3 aliphatic heterocycles. The Morgan fingerprint density at radius 3 is 1.92 bits per heavy atom. The molecule has 3 aliphatic rings. The minimum Gasteiger partial charge on any atom is -0.486 e. The van der Waals surface area contributed by atoms with Crippen LogP contribution in [0.4, 0.5) is 0 Å². The molecule has 0 radical (unpaired) electrons. The number of carbonyl (C=O) groups is 3. The van der Waals surface area contributed by atoms with Crippen molar-refractivity contribution in [3.63, 3.8) is 0 Å². The quantitative estimate of drug-likeness (QED) is 0.0619. The van der Waals surface area contributed by atoms with Crippen LogP contribution in [0.5, 0.6) is 5.75 Å². The van der Waals surface area contributed by atoms with E-state index in [1.807, 2.05) is 0 Å². The summed E-state index contributed by atoms with van der Waals surface area (Å²) >= 11 is 0. The minimum atomic E-state index is -1.96. The highest BCUT2D eigenvalue weighted by Crippen LogP contribution is 2.33. The van der Waals surface area contributed by atoms with Gasteiger partial charge in [0.1, 0.15) is 85.5 Å². The van der Waals surface area contributed by atoms with Crippen molar-refractivity contribution >= 4 is 17.7 Å². The van der Waals surface area contributed by atoms with Crippen molar-refractivity contribution in [2.75, 3.05) is 33.0 Å². The molecule has 0 spiro atoms. The van der Waals surface area contributed by atoms with E-state index in [1.165, 1.54) is 13.0 Å². The number of hydrogen-bond acceptors (Lipinski definition) is 19. The maximum Gasteiger partial charge on any atom is 0.335 e. The third-order valence-corrected chi connectivity index (χ3v) is 10.3. The number of amides is 1. The van der Waals surface area contributed by atoms with E-state index < -0.39 is 124 Å². The molecular weight excluding hydrogens is 802 g/mol. The van der Waals surface area contributed by atoms with Crippen LogP contribution < -0.4 is 10.1 Å². The van der Waals surface area contributed by atoms with Crippen molar-refractivity contribution in [1.29, 1.82) is 0 Å². The first-order valence-electron chi connectivity index (χ1n) is 19.3. The van der Waals surface area contributed by atoms with Crippen LogP contribution in [-0.4, -0.2) is 194 Å². The summed E-state index contributed by atoms with van der Waals surface area (Å²) in [6.07, 6.45) is -22.6. The van der Waals surface area contributed by atoms with Crippen LogP contribution in [0.15, 0.2) is 48.5 Å². The number of ether oxygens (including phenoxy) is 7. The van der Waals surface area contributed by atoms with E-state index in [-0.39, 0.29) is 31.0 Å². The fourth-order valence-electron chi connectivity index (χ4n) is 7.02. The average molecular weight is 856 g/mol. The van der Waals surface area contributed by atoms with Crippen molar-refractivity contribution in [3.05, 3.63) is 54.1 Å². The van der Waals surface area contributed by atoms with Crippen molar-refractivity contribution in [2.24, 2.45) is 0 Å². The molecule has 3 fully saturated rings. The Morgan fingerprint density at radius 2 is 1.28 bits per heavy atom. The fourth-order valence-corrected chi connectivity index (χ4v) is 7.02. The van der Waals surface area contributed by atoms with Gasteiger partial charge in [-0.25, -0.2) is 4.79 Å². The van der Waals surface area contributed by atoms with Crippen LogP contribution in [0.3, 0.4) is 0 Å². The topological polar surface area (TPSA) is 330 Å². The van der Waals surface area contributed by atoms with Gasteiger partial charge < -0.3 is 89.5 Å². The van der Waals surface area contributed by atoms with E-state index in [1.54, 1.807) is 42.5 Å². The number of nitrogens with one attached hydrogen (secondary N) is 1. The van der Waals surface area contributed by atoms with Gasteiger partial charge in [0.15, 0.2) is 24.7 Å². The number of aliphatic hydroxyl groups is 9. The highest BCUT2D eigenvalue weighted by atomic mass is 16.8. The zero-order valence-electron chi connectivity index (χ0n) is 32.5. The van der Waals surface area contributed by atoms with Crippen LogP contribution >= 0.6 is 0 Å². The molecule has 6 unspecified atom stereocenters. The number of carboxylic acids is 1. The van der Waals surface area contributed by atoms with Gasteiger partial charge in [-0.1, -0.05) is 24.3 Å². The van der Waals surface area contributed by atoms with Crippen LogP contribution in [0.2, 0.25) is 0 Å². The Hall–Kier alpha value is -3.75. The molecule has 0 saturated carbocycles. The fraction of sp³-hybridized carbons (Fsp3) is 0.615. The number of ketones is 1. The molecule has 60 heavy (non-hydrogen) atoms. The van der Waals surface area contributed by atoms with Crippen molar-refractivity contribution in [2.45, 2.75) is 118 Å². The van der Waals surface area contributed by atoms with Gasteiger partial charge in [-0.05, 0) is 48.2 Å². The maximum absolute atomic E-state index is 12.6. The summed E-state index contributed by atoms with van der Waals surface area (Å²) in [5, 5.41) is 106. The first kappa shape index (κ1) is 47.3. The zero-order chi connectivity index (χ0) is 43.7. The second-order valence-corrected chi connectivity index (χ2v) is 14.6. The summed E-state index contributed by atoms with van der Waals surface area (Å²) in [7, 11) is 0. The molecular formula is C39H53NO20. The number of carbonyl (C=O) groups excluding carboxylic acids is 2. The molecule has 21 nitrogen and oxygen atoms in total. The molecule has 334 valence electrons. The lowest BCUT2D eigenvalue weighted by molar-refractivity contribution is -0.376. The smallest absolute Gasteiger partial charge is 0.335 e. The first-order valence-corrected chi connectivity index (χ1v) is 19.3. The molecule has 5 rings (SSSR count). The molecule has 0 bridgehead atoms. The van der Waals surface area contributed by atoms with E-state index in [4.69, 9.17) is 33.2 Å². The number of carboxylic acid groups (broad SMARTS) is 1. The first-order chi connectivity index (χ1) is 28.7. The summed E-state index contributed by atoms with van der Waals surface area (Å²) < 4.78 is 39.7. The molecule has 11 N–H and O–H groups in total. The summed E-state index contributed by atoms with van der Waals surface area (Å²) in [6, 6.07) is 12.0. The Kier molecular flexibility index (Phi) is 17.2. The zero-order valence-corrected chi connectivity index (χ0v) is 32.5. The summed E-state index contributed by atoms with van der Waals surface area (Å²) in [6.45, 7) is -1.45. The SMILES string of the molecule is CC(=O)NC1[C@H](OCCCCC(=O)COc2ccc(-c3cccc(C(=O)O)c3)cc2)OC(CO)[C@@H](O[C@@H]2OC(CO)[C@H](O)[C@H](O[C@H]3OC(CO)[C@H](O)[C@H](O)C3O)C2O)[C@@H]1O. The lowest BCUT2D eigenvalue weighted by Crippen LogP contribution is -2.68. The number of unbranched alkanes of at least 4 members (excludes halogenated alkanes) is 1. The van der Waals surface area contributed by atoms with Gasteiger partial charge in [0.2, 0.25) is 5.91 Å². The third-order valence-electron chi connectivity index (χ3n) is 10.3. The normalized spacial score (nSPS) is 34.5. The van der Waals surface area contributed by atoms with Gasteiger partial charge in [0, 0.05) is 20.0 Å². The van der Waals surface area contributed by atoms with E-state index in [0.717, 1.165) is 5.56 Å². The highest BCUT2D eigenvalue weighted by molar-refractivity contribution is 5.89. The number of benzene rings is 2. The predicted molar refractivity (Wildman–Crippen MR) is 200 cm³/mol. The second-order valence-electron chi connectivity index (χ2n) is 14.6. The standard InChI is InChI=1S/C39H53NO20/c1-18(44)40-27-30(48)34(59-39-33(51)35(29(47)25(15-42)57-39)60-38-32(50)31(49)28(46)24(14-41)56-38)26(16-43)58-37(27)54-12-3-2-7-22(45)17-55-23-10-8-19(9-11-23)20-5-4-6-21(13-20)36(52)53/h4-6,8-11,13,24-35,37-39,41-43,46-51H,2-3,7,12,14-17H2,1H3,(H,40,44)(H,52,53)/t24?,25?,26?,27?,28-,29-,30+,31-,32?,33?,34+,35-,37+,38+,39-/m0/s1. The van der Waals surface area contributed by atoms with Crippen LogP contribution in [0.1, 0.15) is 36.5 Å². The Morgan fingerprint density at radius 1 is 0.667 bits per heavy atom. The van der Waals surface area contributed by atoms with Crippen LogP contribution in [0.25, 0.3) is 11.1 Å². The third kappa shape index (κ3) is 11.6. The Balaban J connectivity index is 1.13. The van der Waals surface area contributed by atoms with E-state index in [9.17, 15) is 65.4 Å². The van der Waals surface area contributed by atoms with Gasteiger partial charge >= 0.3 is 5.97 Å². The average Bonchev–Trinajstić information content (AvgIpc) is 3.24. The number of aliphatic hydroxyl groups excluding tert-OH is 9. The molecule has 15 atom stereocenters. The predicted octanol–water partition coefficient (Wildman–Crippen LogP) is -3.22. The lowest BCUT2D eigenvalue weighted by atomic mass is 9.95. The molecule has 2 aromatic carbocycles. The molecule has 2 aromatic rings. The number of rotatable bonds is 19. The van der Waals surface area contributed by atoms with Gasteiger partial charge in [0.05, 0.1) is 25.4 Å². The van der Waals surface area contributed by atoms with Gasteiger partial charge in [0.25, 0.3) is 0 Å². The van der Waals surface area contributed by atoms with E-state index >= 15 is 0 Å². The highest BCUT2D eigenvalue weighted by Gasteiger charge is 2.54. The van der Waals surface area contributed by atoms with Crippen molar-refractivity contribution < 1.29 is 98.6 Å². The Labute approximate surface area is 343 Å². The van der Waals surface area contributed by atoms with E-state index in [0.29, 0.717) is 24.2 Å². The minimum absolute atomic E-state index is 0.00664. The lowest BCUT2D eigenvalue weighted by Gasteiger charge is -2.48. The van der Waals surface area contributed by atoms with Crippen LogP contribution in [-0.2, 0) is 38.0 Å². The van der Waals surface area contributed by atoms with E-state index in [2.05, 4.69) is 5.32 Å².